The summed E-state index contributed by atoms with van der Waals surface area (Å²) in [6.45, 7) is 0.905. The molecule has 2 aromatic carbocycles. The number of carbonyl (C=O) groups is 1. The fourth-order valence-corrected chi connectivity index (χ4v) is 3.69. The van der Waals surface area contributed by atoms with Gasteiger partial charge in [0.15, 0.2) is 0 Å². The number of nitrogens with zero attached hydrogens (tertiary/aromatic N) is 3. The summed E-state index contributed by atoms with van der Waals surface area (Å²) in [5, 5.41) is 1.33. The number of rotatable bonds is 5. The van der Waals surface area contributed by atoms with Gasteiger partial charge in [-0.2, -0.15) is 13.2 Å². The van der Waals surface area contributed by atoms with Crippen LogP contribution in [0.15, 0.2) is 72.9 Å². The minimum Gasteiger partial charge on any atom is -0.487 e. The second kappa shape index (κ2) is 9.07. The Morgan fingerprint density at radius 2 is 1.71 bits per heavy atom. The topological polar surface area (TPSA) is 64.5 Å². The van der Waals surface area contributed by atoms with Crippen molar-refractivity contribution in [1.82, 2.24) is 14.9 Å². The molecule has 35 heavy (non-hydrogen) atoms. The average Bonchev–Trinajstić information content (AvgIpc) is 2.81. The van der Waals surface area contributed by atoms with Gasteiger partial charge in [-0.05, 0) is 54.6 Å². The van der Waals surface area contributed by atoms with E-state index in [1.807, 2.05) is 0 Å². The SMILES string of the molecule is O=C(c1ccc2cc(Oc3ccc(C(F)(F)F)cn3)ccc2n1)N1CC(Oc2ccc(Cl)cc2)C1. The summed E-state index contributed by atoms with van der Waals surface area (Å²) in [5.41, 5.74) is 0.0356. The highest BCUT2D eigenvalue weighted by atomic mass is 35.5. The number of fused-ring (bicyclic) bond motifs is 1. The third kappa shape index (κ3) is 5.14. The molecule has 0 aliphatic carbocycles. The van der Waals surface area contributed by atoms with Gasteiger partial charge in [-0.1, -0.05) is 17.7 Å². The van der Waals surface area contributed by atoms with Crippen molar-refractivity contribution in [2.75, 3.05) is 13.1 Å². The second-order valence-electron chi connectivity index (χ2n) is 7.94. The van der Waals surface area contributed by atoms with Crippen molar-refractivity contribution < 1.29 is 27.4 Å². The van der Waals surface area contributed by atoms with Crippen LogP contribution in [0.25, 0.3) is 10.9 Å². The first kappa shape index (κ1) is 22.9. The van der Waals surface area contributed by atoms with Crippen molar-refractivity contribution in [3.63, 3.8) is 0 Å². The summed E-state index contributed by atoms with van der Waals surface area (Å²) in [6.07, 6.45) is -3.84. The molecule has 6 nitrogen and oxygen atoms in total. The molecule has 4 aromatic rings. The van der Waals surface area contributed by atoms with E-state index in [1.54, 1.807) is 59.5 Å². The maximum atomic E-state index is 12.8. The Morgan fingerprint density at radius 1 is 0.971 bits per heavy atom. The molecule has 1 saturated heterocycles. The fourth-order valence-electron chi connectivity index (χ4n) is 3.56. The predicted octanol–water partition coefficient (Wildman–Crippen LogP) is 6.00. The van der Waals surface area contributed by atoms with E-state index in [4.69, 9.17) is 21.1 Å². The molecule has 0 radical (unpaired) electrons. The van der Waals surface area contributed by atoms with E-state index >= 15 is 0 Å². The van der Waals surface area contributed by atoms with E-state index in [1.165, 1.54) is 0 Å². The van der Waals surface area contributed by atoms with Gasteiger partial charge in [0, 0.05) is 22.7 Å². The molecule has 0 N–H and O–H groups in total. The van der Waals surface area contributed by atoms with Gasteiger partial charge in [-0.25, -0.2) is 9.97 Å². The van der Waals surface area contributed by atoms with Crippen molar-refractivity contribution in [3.8, 4) is 17.4 Å². The number of likely N-dealkylation sites (tertiary alicyclic amines) is 1. The molecule has 0 atom stereocenters. The first-order chi connectivity index (χ1) is 16.7. The van der Waals surface area contributed by atoms with Gasteiger partial charge in [0.25, 0.3) is 5.91 Å². The van der Waals surface area contributed by atoms with Gasteiger partial charge in [0.1, 0.15) is 23.3 Å². The Hall–Kier alpha value is -3.85. The Labute approximate surface area is 202 Å². The van der Waals surface area contributed by atoms with Gasteiger partial charge in [-0.15, -0.1) is 0 Å². The first-order valence-electron chi connectivity index (χ1n) is 10.6. The predicted molar refractivity (Wildman–Crippen MR) is 123 cm³/mol. The smallest absolute Gasteiger partial charge is 0.417 e. The second-order valence-corrected chi connectivity index (χ2v) is 8.38. The summed E-state index contributed by atoms with van der Waals surface area (Å²) in [4.78, 5) is 22.6. The quantitative estimate of drug-likeness (QED) is 0.337. The van der Waals surface area contributed by atoms with Crippen LogP contribution in [0.4, 0.5) is 13.2 Å². The number of pyridine rings is 2. The zero-order chi connectivity index (χ0) is 24.6. The summed E-state index contributed by atoms with van der Waals surface area (Å²) < 4.78 is 49.4. The highest BCUT2D eigenvalue weighted by Crippen LogP contribution is 2.31. The number of alkyl halides is 3. The Morgan fingerprint density at radius 3 is 2.40 bits per heavy atom. The molecular weight excluding hydrogens is 483 g/mol. The van der Waals surface area contributed by atoms with E-state index in [9.17, 15) is 18.0 Å². The van der Waals surface area contributed by atoms with Gasteiger partial charge < -0.3 is 14.4 Å². The van der Waals surface area contributed by atoms with Crippen LogP contribution >= 0.6 is 11.6 Å². The van der Waals surface area contributed by atoms with Gasteiger partial charge in [0.05, 0.1) is 24.2 Å². The van der Waals surface area contributed by atoms with Crippen molar-refractivity contribution in [1.29, 1.82) is 0 Å². The Balaban J connectivity index is 1.22. The zero-order valence-electron chi connectivity index (χ0n) is 18.0. The summed E-state index contributed by atoms with van der Waals surface area (Å²) in [6, 6.07) is 17.4. The molecular formula is C25H17ClF3N3O3. The van der Waals surface area contributed by atoms with Crippen LogP contribution in [0, 0.1) is 0 Å². The van der Waals surface area contributed by atoms with Crippen molar-refractivity contribution in [2.45, 2.75) is 12.3 Å². The Bertz CT molecular complexity index is 1370. The lowest BCUT2D eigenvalue weighted by Gasteiger charge is -2.38. The van der Waals surface area contributed by atoms with E-state index in [0.717, 1.165) is 18.3 Å². The highest BCUT2D eigenvalue weighted by molar-refractivity contribution is 6.30. The molecule has 2 aromatic heterocycles. The third-order valence-corrected chi connectivity index (χ3v) is 5.67. The van der Waals surface area contributed by atoms with Crippen molar-refractivity contribution >= 4 is 28.4 Å². The molecule has 0 unspecified atom stereocenters. The van der Waals surface area contributed by atoms with E-state index in [2.05, 4.69) is 9.97 Å². The lowest BCUT2D eigenvalue weighted by atomic mass is 10.1. The van der Waals surface area contributed by atoms with Crippen LogP contribution in [0.5, 0.6) is 17.4 Å². The summed E-state index contributed by atoms with van der Waals surface area (Å²) in [7, 11) is 0. The number of hydrogen-bond acceptors (Lipinski definition) is 5. The maximum absolute atomic E-state index is 12.8. The van der Waals surface area contributed by atoms with Crippen molar-refractivity contribution in [3.05, 3.63) is 89.2 Å². The van der Waals surface area contributed by atoms with Gasteiger partial charge in [-0.3, -0.25) is 4.79 Å². The van der Waals surface area contributed by atoms with Crippen LogP contribution in [0.2, 0.25) is 5.02 Å². The maximum Gasteiger partial charge on any atom is 0.417 e. The average molecular weight is 500 g/mol. The third-order valence-electron chi connectivity index (χ3n) is 5.42. The molecule has 10 heteroatoms. The molecule has 1 amide bonds. The molecule has 1 fully saturated rings. The van der Waals surface area contributed by atoms with Crippen LogP contribution in [0.3, 0.4) is 0 Å². The molecule has 5 rings (SSSR count). The monoisotopic (exact) mass is 499 g/mol. The molecule has 1 aliphatic rings. The number of hydrogen-bond donors (Lipinski definition) is 0. The molecule has 0 bridgehead atoms. The van der Waals surface area contributed by atoms with Crippen molar-refractivity contribution in [2.24, 2.45) is 0 Å². The number of benzene rings is 2. The van der Waals surface area contributed by atoms with Gasteiger partial charge >= 0.3 is 6.18 Å². The minimum atomic E-state index is -4.46. The zero-order valence-corrected chi connectivity index (χ0v) is 18.8. The summed E-state index contributed by atoms with van der Waals surface area (Å²) >= 11 is 5.87. The number of ether oxygens (including phenoxy) is 2. The molecule has 1 aliphatic heterocycles. The number of carbonyl (C=O) groups excluding carboxylic acids is 1. The molecule has 0 spiro atoms. The van der Waals surface area contributed by atoms with Crippen LogP contribution < -0.4 is 9.47 Å². The van der Waals surface area contributed by atoms with E-state index < -0.39 is 11.7 Å². The Kier molecular flexibility index (Phi) is 5.94. The molecule has 178 valence electrons. The fraction of sp³-hybridized carbons (Fsp3) is 0.160. The summed E-state index contributed by atoms with van der Waals surface area (Å²) in [5.74, 6) is 0.915. The number of aromatic nitrogens is 2. The van der Waals surface area contributed by atoms with E-state index in [-0.39, 0.29) is 17.9 Å². The van der Waals surface area contributed by atoms with Crippen LogP contribution in [0.1, 0.15) is 16.1 Å². The largest absolute Gasteiger partial charge is 0.487 e. The lowest BCUT2D eigenvalue weighted by Crippen LogP contribution is -2.56. The van der Waals surface area contributed by atoms with Gasteiger partial charge in [0.2, 0.25) is 5.88 Å². The normalized spacial score (nSPS) is 14.0. The lowest BCUT2D eigenvalue weighted by molar-refractivity contribution is -0.137. The standard InChI is InChI=1S/C25H17ClF3N3O3/c26-17-3-5-18(6-4-17)34-20-13-32(14-20)24(33)22-8-1-15-11-19(7-9-21(15)31-22)35-23-10-2-16(12-30-23)25(27,28)29/h1-12,20H,13-14H2. The van der Waals surface area contributed by atoms with E-state index in [0.29, 0.717) is 46.2 Å². The van der Waals surface area contributed by atoms with Crippen LogP contribution in [-0.2, 0) is 6.18 Å². The first-order valence-corrected chi connectivity index (χ1v) is 11.0. The molecule has 0 saturated carbocycles. The molecule has 3 heterocycles. The number of halogens is 4. The number of amides is 1. The van der Waals surface area contributed by atoms with Crippen LogP contribution in [-0.4, -0.2) is 40.0 Å². The minimum absolute atomic E-state index is 0.0327. The highest BCUT2D eigenvalue weighted by Gasteiger charge is 2.33.